The molecule has 0 aliphatic heterocycles. The van der Waals surface area contributed by atoms with Gasteiger partial charge in [0.1, 0.15) is 0 Å². The van der Waals surface area contributed by atoms with E-state index in [1.807, 2.05) is 0 Å². The Kier molecular flexibility index (Phi) is 4.40. The molecule has 2 N–H and O–H groups in total. The van der Waals surface area contributed by atoms with Gasteiger partial charge in [-0.05, 0) is 41.5 Å². The van der Waals surface area contributed by atoms with Gasteiger partial charge in [-0.1, -0.05) is 12.1 Å². The molecule has 0 spiro atoms. The maximum atomic E-state index is 12.9. The standard InChI is InChI=1S/C16H12F3NO3/c1-20-14(21)10-4-2-3-9(5-10)11-6-12(15(22)23)8-13(7-11)16(17,18)19/h2-8H,1H3,(H,20,21)(H,22,23). The minimum Gasteiger partial charge on any atom is -0.478 e. The molecule has 2 aromatic rings. The number of benzene rings is 2. The number of hydrogen-bond acceptors (Lipinski definition) is 2. The summed E-state index contributed by atoms with van der Waals surface area (Å²) in [5, 5.41) is 11.4. The fraction of sp³-hybridized carbons (Fsp3) is 0.125. The van der Waals surface area contributed by atoms with Crippen LogP contribution in [0.1, 0.15) is 26.3 Å². The molecular weight excluding hydrogens is 311 g/mol. The first-order valence-corrected chi connectivity index (χ1v) is 6.50. The summed E-state index contributed by atoms with van der Waals surface area (Å²) in [6.45, 7) is 0. The summed E-state index contributed by atoms with van der Waals surface area (Å²) in [7, 11) is 1.43. The Hall–Kier alpha value is -2.83. The molecule has 23 heavy (non-hydrogen) atoms. The van der Waals surface area contributed by atoms with Gasteiger partial charge in [0.25, 0.3) is 5.91 Å². The van der Waals surface area contributed by atoms with Crippen molar-refractivity contribution in [3.63, 3.8) is 0 Å². The lowest BCUT2D eigenvalue weighted by Gasteiger charge is -2.11. The summed E-state index contributed by atoms with van der Waals surface area (Å²) in [5.41, 5.74) is -0.875. The van der Waals surface area contributed by atoms with Gasteiger partial charge in [-0.2, -0.15) is 13.2 Å². The van der Waals surface area contributed by atoms with Gasteiger partial charge in [-0.25, -0.2) is 4.79 Å². The molecule has 120 valence electrons. The highest BCUT2D eigenvalue weighted by Gasteiger charge is 2.32. The van der Waals surface area contributed by atoms with Crippen LogP contribution >= 0.6 is 0 Å². The third-order valence-corrected chi connectivity index (χ3v) is 3.19. The molecule has 0 heterocycles. The fourth-order valence-corrected chi connectivity index (χ4v) is 2.07. The molecule has 0 atom stereocenters. The highest BCUT2D eigenvalue weighted by molar-refractivity contribution is 5.95. The van der Waals surface area contributed by atoms with Gasteiger partial charge in [0.2, 0.25) is 0 Å². The van der Waals surface area contributed by atoms with Gasteiger partial charge < -0.3 is 10.4 Å². The number of aromatic carboxylic acids is 1. The molecular formula is C16H12F3NO3. The van der Waals surface area contributed by atoms with Crippen LogP contribution in [0.15, 0.2) is 42.5 Å². The van der Waals surface area contributed by atoms with E-state index in [2.05, 4.69) is 5.32 Å². The van der Waals surface area contributed by atoms with Gasteiger partial charge in [0, 0.05) is 12.6 Å². The smallest absolute Gasteiger partial charge is 0.416 e. The number of carboxylic acid groups (broad SMARTS) is 1. The Morgan fingerprint density at radius 1 is 1.00 bits per heavy atom. The van der Waals surface area contributed by atoms with Crippen LogP contribution in [0.5, 0.6) is 0 Å². The van der Waals surface area contributed by atoms with Gasteiger partial charge in [0.05, 0.1) is 11.1 Å². The second-order valence-electron chi connectivity index (χ2n) is 4.76. The number of rotatable bonds is 3. The minimum atomic E-state index is -4.67. The van der Waals surface area contributed by atoms with Crippen LogP contribution in [0.25, 0.3) is 11.1 Å². The van der Waals surface area contributed by atoms with Crippen molar-refractivity contribution >= 4 is 11.9 Å². The highest BCUT2D eigenvalue weighted by Crippen LogP contribution is 2.33. The Bertz CT molecular complexity index is 769. The van der Waals surface area contributed by atoms with E-state index in [1.165, 1.54) is 31.3 Å². The number of carbonyl (C=O) groups excluding carboxylic acids is 1. The number of carboxylic acids is 1. The molecule has 0 saturated heterocycles. The number of nitrogens with one attached hydrogen (secondary N) is 1. The monoisotopic (exact) mass is 323 g/mol. The van der Waals surface area contributed by atoms with Crippen LogP contribution in [0.2, 0.25) is 0 Å². The van der Waals surface area contributed by atoms with Crippen molar-refractivity contribution in [2.24, 2.45) is 0 Å². The van der Waals surface area contributed by atoms with Crippen molar-refractivity contribution in [1.29, 1.82) is 0 Å². The minimum absolute atomic E-state index is 0.0722. The van der Waals surface area contributed by atoms with E-state index < -0.39 is 29.2 Å². The second kappa shape index (κ2) is 6.12. The highest BCUT2D eigenvalue weighted by atomic mass is 19.4. The molecule has 1 amide bonds. The molecule has 2 rings (SSSR count). The molecule has 0 aliphatic carbocycles. The van der Waals surface area contributed by atoms with Crippen LogP contribution in [0.3, 0.4) is 0 Å². The number of hydrogen-bond donors (Lipinski definition) is 2. The van der Waals surface area contributed by atoms with Gasteiger partial charge in [0.15, 0.2) is 0 Å². The van der Waals surface area contributed by atoms with E-state index in [0.717, 1.165) is 12.1 Å². The summed E-state index contributed by atoms with van der Waals surface area (Å²) < 4.78 is 38.8. The molecule has 0 saturated carbocycles. The maximum absolute atomic E-state index is 12.9. The van der Waals surface area contributed by atoms with E-state index in [-0.39, 0.29) is 11.1 Å². The predicted molar refractivity (Wildman–Crippen MR) is 77.2 cm³/mol. The topological polar surface area (TPSA) is 66.4 Å². The van der Waals surface area contributed by atoms with Gasteiger partial charge in [-0.15, -0.1) is 0 Å². The lowest BCUT2D eigenvalue weighted by molar-refractivity contribution is -0.137. The van der Waals surface area contributed by atoms with Crippen LogP contribution < -0.4 is 5.32 Å². The zero-order valence-electron chi connectivity index (χ0n) is 11.9. The second-order valence-corrected chi connectivity index (χ2v) is 4.76. The Labute approximate surface area is 129 Å². The zero-order valence-corrected chi connectivity index (χ0v) is 11.9. The first-order chi connectivity index (χ1) is 10.7. The SMILES string of the molecule is CNC(=O)c1cccc(-c2cc(C(=O)O)cc(C(F)(F)F)c2)c1. The van der Waals surface area contributed by atoms with Crippen molar-refractivity contribution in [2.75, 3.05) is 7.05 Å². The van der Waals surface area contributed by atoms with E-state index in [0.29, 0.717) is 11.6 Å². The van der Waals surface area contributed by atoms with Gasteiger partial charge >= 0.3 is 12.1 Å². The molecule has 0 aliphatic rings. The average Bonchev–Trinajstić information content (AvgIpc) is 2.53. The van der Waals surface area contributed by atoms with Crippen LogP contribution in [-0.4, -0.2) is 24.0 Å². The summed E-state index contributed by atoms with van der Waals surface area (Å²) in [6.07, 6.45) is -4.67. The largest absolute Gasteiger partial charge is 0.478 e. The maximum Gasteiger partial charge on any atom is 0.416 e. The summed E-state index contributed by atoms with van der Waals surface area (Å²) >= 11 is 0. The summed E-state index contributed by atoms with van der Waals surface area (Å²) in [4.78, 5) is 22.7. The predicted octanol–water partition coefficient (Wildman–Crippen LogP) is 3.43. The molecule has 4 nitrogen and oxygen atoms in total. The molecule has 2 aromatic carbocycles. The zero-order chi connectivity index (χ0) is 17.2. The molecule has 0 radical (unpaired) electrons. The van der Waals surface area contributed by atoms with E-state index in [1.54, 1.807) is 0 Å². The first-order valence-electron chi connectivity index (χ1n) is 6.50. The lowest BCUT2D eigenvalue weighted by Crippen LogP contribution is -2.17. The number of alkyl halides is 3. The third kappa shape index (κ3) is 3.68. The summed E-state index contributed by atoms with van der Waals surface area (Å²) in [5.74, 6) is -1.85. The van der Waals surface area contributed by atoms with Crippen molar-refractivity contribution in [3.8, 4) is 11.1 Å². The first kappa shape index (κ1) is 16.5. The Morgan fingerprint density at radius 2 is 1.65 bits per heavy atom. The molecule has 0 bridgehead atoms. The van der Waals surface area contributed by atoms with Crippen molar-refractivity contribution in [3.05, 3.63) is 59.2 Å². The van der Waals surface area contributed by atoms with E-state index >= 15 is 0 Å². The van der Waals surface area contributed by atoms with Crippen molar-refractivity contribution < 1.29 is 27.9 Å². The lowest BCUT2D eigenvalue weighted by atomic mass is 9.98. The number of halogens is 3. The number of amides is 1. The quantitative estimate of drug-likeness (QED) is 0.909. The Balaban J connectivity index is 2.61. The van der Waals surface area contributed by atoms with Crippen LogP contribution in [-0.2, 0) is 6.18 Å². The molecule has 7 heteroatoms. The average molecular weight is 323 g/mol. The third-order valence-electron chi connectivity index (χ3n) is 3.19. The summed E-state index contributed by atoms with van der Waals surface area (Å²) in [6, 6.07) is 8.51. The molecule has 0 fully saturated rings. The van der Waals surface area contributed by atoms with Crippen LogP contribution in [0.4, 0.5) is 13.2 Å². The van der Waals surface area contributed by atoms with Gasteiger partial charge in [-0.3, -0.25) is 4.79 Å². The van der Waals surface area contributed by atoms with Crippen LogP contribution in [0, 0.1) is 0 Å². The number of carbonyl (C=O) groups is 2. The van der Waals surface area contributed by atoms with E-state index in [9.17, 15) is 22.8 Å². The van der Waals surface area contributed by atoms with Crippen molar-refractivity contribution in [2.45, 2.75) is 6.18 Å². The molecule has 0 unspecified atom stereocenters. The Morgan fingerprint density at radius 3 is 2.22 bits per heavy atom. The fourth-order valence-electron chi connectivity index (χ4n) is 2.07. The van der Waals surface area contributed by atoms with E-state index in [4.69, 9.17) is 5.11 Å². The van der Waals surface area contributed by atoms with Crippen molar-refractivity contribution in [1.82, 2.24) is 5.32 Å². The molecule has 0 aromatic heterocycles. The normalized spacial score (nSPS) is 11.1.